The van der Waals surface area contributed by atoms with Crippen LogP contribution in [0.5, 0.6) is 0 Å². The standard InChI is InChI=1S/C13H20N4/c1-10(2)9-17-13(12(8-14)15-16-17)11-6-4-3-5-7-11/h10-11H,3-7,9H2,1-2H3. The highest BCUT2D eigenvalue weighted by molar-refractivity contribution is 5.28. The van der Waals surface area contributed by atoms with Gasteiger partial charge in [0.25, 0.3) is 0 Å². The molecule has 4 heteroatoms. The predicted molar refractivity (Wildman–Crippen MR) is 65.4 cm³/mol. The zero-order chi connectivity index (χ0) is 12.3. The van der Waals surface area contributed by atoms with Gasteiger partial charge in [0.2, 0.25) is 0 Å². The van der Waals surface area contributed by atoms with Gasteiger partial charge in [0.1, 0.15) is 6.07 Å². The van der Waals surface area contributed by atoms with Crippen molar-refractivity contribution in [3.63, 3.8) is 0 Å². The summed E-state index contributed by atoms with van der Waals surface area (Å²) in [5.41, 5.74) is 1.62. The van der Waals surface area contributed by atoms with Crippen LogP contribution in [-0.2, 0) is 6.54 Å². The summed E-state index contributed by atoms with van der Waals surface area (Å²) in [6.07, 6.45) is 6.22. The lowest BCUT2D eigenvalue weighted by atomic mass is 9.86. The van der Waals surface area contributed by atoms with Crippen molar-refractivity contribution in [3.8, 4) is 6.07 Å². The Morgan fingerprint density at radius 3 is 2.65 bits per heavy atom. The molecule has 1 aromatic heterocycles. The van der Waals surface area contributed by atoms with Crippen LogP contribution in [0.2, 0.25) is 0 Å². The normalized spacial score (nSPS) is 17.3. The molecule has 0 aromatic carbocycles. The number of hydrogen-bond donors (Lipinski definition) is 0. The number of nitrogens with zero attached hydrogens (tertiary/aromatic N) is 4. The van der Waals surface area contributed by atoms with E-state index in [2.05, 4.69) is 30.2 Å². The van der Waals surface area contributed by atoms with Gasteiger partial charge in [-0.3, -0.25) is 0 Å². The third-order valence-electron chi connectivity index (χ3n) is 3.41. The molecule has 1 heterocycles. The van der Waals surface area contributed by atoms with Crippen molar-refractivity contribution in [1.29, 1.82) is 5.26 Å². The van der Waals surface area contributed by atoms with Gasteiger partial charge in [0.05, 0.1) is 5.69 Å². The fourth-order valence-electron chi connectivity index (χ4n) is 2.66. The first kappa shape index (κ1) is 12.1. The third-order valence-corrected chi connectivity index (χ3v) is 3.41. The maximum absolute atomic E-state index is 9.13. The van der Waals surface area contributed by atoms with Crippen molar-refractivity contribution >= 4 is 0 Å². The molecule has 1 fully saturated rings. The molecule has 1 aliphatic rings. The minimum atomic E-state index is 0.493. The fraction of sp³-hybridized carbons (Fsp3) is 0.769. The van der Waals surface area contributed by atoms with Gasteiger partial charge >= 0.3 is 0 Å². The quantitative estimate of drug-likeness (QED) is 0.805. The highest BCUT2D eigenvalue weighted by Gasteiger charge is 2.24. The van der Waals surface area contributed by atoms with E-state index < -0.39 is 0 Å². The minimum absolute atomic E-state index is 0.493. The second-order valence-corrected chi connectivity index (χ2v) is 5.35. The van der Waals surface area contributed by atoms with Crippen molar-refractivity contribution in [3.05, 3.63) is 11.4 Å². The molecule has 1 aromatic rings. The number of aromatic nitrogens is 3. The van der Waals surface area contributed by atoms with Gasteiger partial charge < -0.3 is 0 Å². The molecule has 17 heavy (non-hydrogen) atoms. The fourth-order valence-corrected chi connectivity index (χ4v) is 2.66. The van der Waals surface area contributed by atoms with Gasteiger partial charge in [-0.05, 0) is 18.8 Å². The maximum atomic E-state index is 9.13. The molecule has 2 rings (SSSR count). The molecule has 0 atom stereocenters. The first-order valence-corrected chi connectivity index (χ1v) is 6.56. The summed E-state index contributed by atoms with van der Waals surface area (Å²) >= 11 is 0. The molecular formula is C13H20N4. The lowest BCUT2D eigenvalue weighted by Gasteiger charge is -2.22. The number of nitriles is 1. The summed E-state index contributed by atoms with van der Waals surface area (Å²) in [5, 5.41) is 17.3. The van der Waals surface area contributed by atoms with E-state index in [4.69, 9.17) is 5.26 Å². The Hall–Kier alpha value is -1.37. The molecule has 92 valence electrons. The van der Waals surface area contributed by atoms with Crippen molar-refractivity contribution < 1.29 is 0 Å². The zero-order valence-corrected chi connectivity index (χ0v) is 10.7. The van der Waals surface area contributed by atoms with Crippen molar-refractivity contribution in [2.45, 2.75) is 58.4 Å². The van der Waals surface area contributed by atoms with Gasteiger partial charge in [-0.1, -0.05) is 38.3 Å². The maximum Gasteiger partial charge on any atom is 0.186 e. The molecule has 0 aliphatic heterocycles. The van der Waals surface area contributed by atoms with Crippen LogP contribution in [0.25, 0.3) is 0 Å². The number of rotatable bonds is 3. The van der Waals surface area contributed by atoms with E-state index >= 15 is 0 Å². The summed E-state index contributed by atoms with van der Waals surface area (Å²) in [5.74, 6) is 1.03. The van der Waals surface area contributed by atoms with E-state index in [9.17, 15) is 0 Å². The van der Waals surface area contributed by atoms with Crippen LogP contribution in [0.15, 0.2) is 0 Å². The van der Waals surface area contributed by atoms with E-state index in [0.717, 1.165) is 12.2 Å². The van der Waals surface area contributed by atoms with Crippen LogP contribution in [0.3, 0.4) is 0 Å². The molecule has 1 aliphatic carbocycles. The summed E-state index contributed by atoms with van der Waals surface area (Å²) in [4.78, 5) is 0. The topological polar surface area (TPSA) is 54.5 Å². The molecule has 0 bridgehead atoms. The smallest absolute Gasteiger partial charge is 0.186 e. The monoisotopic (exact) mass is 232 g/mol. The van der Waals surface area contributed by atoms with Gasteiger partial charge in [0.15, 0.2) is 5.69 Å². The highest BCUT2D eigenvalue weighted by Crippen LogP contribution is 2.33. The van der Waals surface area contributed by atoms with E-state index in [1.165, 1.54) is 32.1 Å². The molecule has 0 saturated heterocycles. The Labute approximate surface area is 103 Å². The largest absolute Gasteiger partial charge is 0.247 e. The Balaban J connectivity index is 2.28. The lowest BCUT2D eigenvalue weighted by Crippen LogP contribution is -2.15. The van der Waals surface area contributed by atoms with Crippen LogP contribution >= 0.6 is 0 Å². The molecule has 0 N–H and O–H groups in total. The van der Waals surface area contributed by atoms with Gasteiger partial charge in [-0.15, -0.1) is 5.10 Å². The van der Waals surface area contributed by atoms with E-state index in [0.29, 0.717) is 17.5 Å². The second kappa shape index (κ2) is 5.31. The van der Waals surface area contributed by atoms with Crippen molar-refractivity contribution in [2.75, 3.05) is 0 Å². The van der Waals surface area contributed by atoms with Crippen LogP contribution < -0.4 is 0 Å². The molecule has 4 nitrogen and oxygen atoms in total. The van der Waals surface area contributed by atoms with Gasteiger partial charge in [-0.25, -0.2) is 4.68 Å². The molecule has 0 spiro atoms. The Morgan fingerprint density at radius 2 is 2.06 bits per heavy atom. The Kier molecular flexibility index (Phi) is 3.78. The summed E-state index contributed by atoms with van der Waals surface area (Å²) in [6, 6.07) is 2.19. The first-order chi connectivity index (χ1) is 8.22. The highest BCUT2D eigenvalue weighted by atomic mass is 15.4. The lowest BCUT2D eigenvalue weighted by molar-refractivity contribution is 0.393. The van der Waals surface area contributed by atoms with Gasteiger partial charge in [-0.2, -0.15) is 5.26 Å². The van der Waals surface area contributed by atoms with Crippen molar-refractivity contribution in [1.82, 2.24) is 15.0 Å². The Bertz CT molecular complexity index is 408. The zero-order valence-electron chi connectivity index (χ0n) is 10.7. The van der Waals surface area contributed by atoms with Crippen LogP contribution in [-0.4, -0.2) is 15.0 Å². The molecule has 0 amide bonds. The van der Waals surface area contributed by atoms with E-state index in [1.54, 1.807) is 0 Å². The molecule has 0 radical (unpaired) electrons. The molecular weight excluding hydrogens is 212 g/mol. The molecule has 1 saturated carbocycles. The van der Waals surface area contributed by atoms with Crippen LogP contribution in [0, 0.1) is 17.2 Å². The number of hydrogen-bond acceptors (Lipinski definition) is 3. The average Bonchev–Trinajstić information content (AvgIpc) is 2.72. The summed E-state index contributed by atoms with van der Waals surface area (Å²) < 4.78 is 1.96. The minimum Gasteiger partial charge on any atom is -0.247 e. The van der Waals surface area contributed by atoms with Crippen LogP contribution in [0.1, 0.15) is 63.3 Å². The third kappa shape index (κ3) is 2.66. The molecule has 0 unspecified atom stereocenters. The predicted octanol–water partition coefficient (Wildman–Crippen LogP) is 2.85. The van der Waals surface area contributed by atoms with E-state index in [1.807, 2.05) is 4.68 Å². The SMILES string of the molecule is CC(C)Cn1nnc(C#N)c1C1CCCCC1. The van der Waals surface area contributed by atoms with Gasteiger partial charge in [0, 0.05) is 12.5 Å². The first-order valence-electron chi connectivity index (χ1n) is 6.56. The Morgan fingerprint density at radius 1 is 1.35 bits per heavy atom. The summed E-state index contributed by atoms with van der Waals surface area (Å²) in [6.45, 7) is 5.19. The summed E-state index contributed by atoms with van der Waals surface area (Å²) in [7, 11) is 0. The van der Waals surface area contributed by atoms with Crippen molar-refractivity contribution in [2.24, 2.45) is 5.92 Å². The average molecular weight is 232 g/mol. The van der Waals surface area contributed by atoms with Crippen LogP contribution in [0.4, 0.5) is 0 Å². The van der Waals surface area contributed by atoms with E-state index in [-0.39, 0.29) is 0 Å². The second-order valence-electron chi connectivity index (χ2n) is 5.35.